The first kappa shape index (κ1) is 20.0. The first-order valence-corrected chi connectivity index (χ1v) is 9.06. The van der Waals surface area contributed by atoms with Gasteiger partial charge in [-0.05, 0) is 55.6 Å². The highest BCUT2D eigenvalue weighted by Crippen LogP contribution is 2.18. The van der Waals surface area contributed by atoms with Crippen LogP contribution in [0.15, 0.2) is 61.2 Å². The quantitative estimate of drug-likeness (QED) is 0.405. The van der Waals surface area contributed by atoms with Gasteiger partial charge < -0.3 is 9.47 Å². The Kier molecular flexibility index (Phi) is 8.70. The minimum absolute atomic E-state index is 0.182. The van der Waals surface area contributed by atoms with Crippen molar-refractivity contribution in [3.05, 3.63) is 72.6 Å². The van der Waals surface area contributed by atoms with Gasteiger partial charge in [0, 0.05) is 19.2 Å². The standard InChI is InChI=1S/C22H28FNO2/c1-3-14-24(15-5-7-19-10-12-20(23)13-11-19)16-6-17-26-22-9-4-8-21(18-22)25-2/h3-4,8-13,18H,1,5-7,14-17H2,2H3. The van der Waals surface area contributed by atoms with Gasteiger partial charge in [0.2, 0.25) is 0 Å². The van der Waals surface area contributed by atoms with Crippen LogP contribution in [0.25, 0.3) is 0 Å². The number of nitrogens with zero attached hydrogens (tertiary/aromatic N) is 1. The lowest BCUT2D eigenvalue weighted by atomic mass is 10.1. The van der Waals surface area contributed by atoms with Gasteiger partial charge in [0.15, 0.2) is 0 Å². The summed E-state index contributed by atoms with van der Waals surface area (Å²) in [5, 5.41) is 0. The lowest BCUT2D eigenvalue weighted by Gasteiger charge is -2.20. The molecule has 4 heteroatoms. The van der Waals surface area contributed by atoms with E-state index in [0.29, 0.717) is 6.61 Å². The van der Waals surface area contributed by atoms with Crippen molar-refractivity contribution < 1.29 is 13.9 Å². The van der Waals surface area contributed by atoms with E-state index in [1.165, 1.54) is 17.7 Å². The second-order valence-electron chi connectivity index (χ2n) is 6.20. The second kappa shape index (κ2) is 11.3. The summed E-state index contributed by atoms with van der Waals surface area (Å²) in [5.74, 6) is 1.45. The van der Waals surface area contributed by atoms with Crippen molar-refractivity contribution in [2.24, 2.45) is 0 Å². The van der Waals surface area contributed by atoms with Crippen LogP contribution < -0.4 is 9.47 Å². The summed E-state index contributed by atoms with van der Waals surface area (Å²) in [5.41, 5.74) is 1.17. The van der Waals surface area contributed by atoms with Gasteiger partial charge in [0.25, 0.3) is 0 Å². The first-order chi connectivity index (χ1) is 12.7. The Hall–Kier alpha value is -2.33. The smallest absolute Gasteiger partial charge is 0.123 e. The number of halogens is 1. The minimum Gasteiger partial charge on any atom is -0.497 e. The first-order valence-electron chi connectivity index (χ1n) is 9.06. The predicted octanol–water partition coefficient (Wildman–Crippen LogP) is 4.72. The molecule has 0 radical (unpaired) electrons. The highest BCUT2D eigenvalue weighted by atomic mass is 19.1. The third kappa shape index (κ3) is 7.28. The minimum atomic E-state index is -0.182. The average Bonchev–Trinajstić information content (AvgIpc) is 2.67. The SMILES string of the molecule is C=CCN(CCCOc1cccc(OC)c1)CCCc1ccc(F)cc1. The number of benzene rings is 2. The maximum atomic E-state index is 12.9. The van der Waals surface area contributed by atoms with Crippen LogP contribution in [0.5, 0.6) is 11.5 Å². The van der Waals surface area contributed by atoms with E-state index in [0.717, 1.165) is 50.4 Å². The molecule has 0 saturated heterocycles. The van der Waals surface area contributed by atoms with Crippen molar-refractivity contribution in [3.8, 4) is 11.5 Å². The molecule has 0 atom stereocenters. The molecule has 0 spiro atoms. The third-order valence-corrected chi connectivity index (χ3v) is 4.17. The van der Waals surface area contributed by atoms with Crippen molar-refractivity contribution >= 4 is 0 Å². The molecular weight excluding hydrogens is 329 g/mol. The molecule has 0 aliphatic rings. The van der Waals surface area contributed by atoms with Crippen LogP contribution in [0.4, 0.5) is 4.39 Å². The van der Waals surface area contributed by atoms with Gasteiger partial charge in [0.1, 0.15) is 17.3 Å². The molecule has 2 aromatic carbocycles. The zero-order valence-corrected chi connectivity index (χ0v) is 15.5. The fourth-order valence-electron chi connectivity index (χ4n) is 2.80. The van der Waals surface area contributed by atoms with Crippen LogP contribution in [0, 0.1) is 5.82 Å². The number of hydrogen-bond donors (Lipinski definition) is 0. The Labute approximate surface area is 156 Å². The van der Waals surface area contributed by atoms with E-state index < -0.39 is 0 Å². The van der Waals surface area contributed by atoms with Gasteiger partial charge in [-0.1, -0.05) is 24.3 Å². The Bertz CT molecular complexity index is 657. The van der Waals surface area contributed by atoms with Crippen LogP contribution in [-0.2, 0) is 6.42 Å². The maximum absolute atomic E-state index is 12.9. The number of aryl methyl sites for hydroxylation is 1. The largest absolute Gasteiger partial charge is 0.497 e. The Morgan fingerprint density at radius 3 is 2.50 bits per heavy atom. The van der Waals surface area contributed by atoms with Gasteiger partial charge in [-0.25, -0.2) is 4.39 Å². The Morgan fingerprint density at radius 2 is 1.77 bits per heavy atom. The predicted molar refractivity (Wildman–Crippen MR) is 104 cm³/mol. The summed E-state index contributed by atoms with van der Waals surface area (Å²) >= 11 is 0. The molecule has 0 aromatic heterocycles. The van der Waals surface area contributed by atoms with Crippen LogP contribution in [0.3, 0.4) is 0 Å². The third-order valence-electron chi connectivity index (χ3n) is 4.17. The molecule has 0 aliphatic carbocycles. The number of hydrogen-bond acceptors (Lipinski definition) is 3. The monoisotopic (exact) mass is 357 g/mol. The van der Waals surface area contributed by atoms with E-state index in [2.05, 4.69) is 11.5 Å². The average molecular weight is 357 g/mol. The van der Waals surface area contributed by atoms with E-state index in [9.17, 15) is 4.39 Å². The second-order valence-corrected chi connectivity index (χ2v) is 6.20. The highest BCUT2D eigenvalue weighted by Gasteiger charge is 2.04. The van der Waals surface area contributed by atoms with Crippen LogP contribution in [0.2, 0.25) is 0 Å². The molecule has 2 aromatic rings. The zero-order valence-electron chi connectivity index (χ0n) is 15.5. The van der Waals surface area contributed by atoms with Gasteiger partial charge in [-0.2, -0.15) is 0 Å². The van der Waals surface area contributed by atoms with Gasteiger partial charge >= 0.3 is 0 Å². The lowest BCUT2D eigenvalue weighted by Crippen LogP contribution is -2.27. The molecule has 0 N–H and O–H groups in total. The summed E-state index contributed by atoms with van der Waals surface area (Å²) in [6, 6.07) is 14.4. The van der Waals surface area contributed by atoms with E-state index >= 15 is 0 Å². The van der Waals surface area contributed by atoms with Crippen LogP contribution in [0.1, 0.15) is 18.4 Å². The zero-order chi connectivity index (χ0) is 18.6. The summed E-state index contributed by atoms with van der Waals surface area (Å²) in [6.45, 7) is 7.32. The molecular formula is C22H28FNO2. The summed E-state index contributed by atoms with van der Waals surface area (Å²) in [6.07, 6.45) is 4.87. The van der Waals surface area contributed by atoms with E-state index in [1.807, 2.05) is 42.5 Å². The normalized spacial score (nSPS) is 10.7. The molecule has 0 bridgehead atoms. The number of ether oxygens (including phenoxy) is 2. The number of methoxy groups -OCH3 is 1. The van der Waals surface area contributed by atoms with Crippen molar-refractivity contribution in [2.45, 2.75) is 19.3 Å². The number of rotatable bonds is 12. The van der Waals surface area contributed by atoms with Crippen LogP contribution >= 0.6 is 0 Å². The van der Waals surface area contributed by atoms with Crippen molar-refractivity contribution in [2.75, 3.05) is 33.4 Å². The highest BCUT2D eigenvalue weighted by molar-refractivity contribution is 5.32. The van der Waals surface area contributed by atoms with E-state index in [-0.39, 0.29) is 5.82 Å². The summed E-state index contributed by atoms with van der Waals surface area (Å²) in [7, 11) is 1.65. The topological polar surface area (TPSA) is 21.7 Å². The van der Waals surface area contributed by atoms with Gasteiger partial charge in [0.05, 0.1) is 13.7 Å². The lowest BCUT2D eigenvalue weighted by molar-refractivity contribution is 0.246. The molecule has 0 unspecified atom stereocenters. The van der Waals surface area contributed by atoms with Crippen LogP contribution in [-0.4, -0.2) is 38.3 Å². The molecule has 0 aliphatic heterocycles. The maximum Gasteiger partial charge on any atom is 0.123 e. The van der Waals surface area contributed by atoms with Crippen molar-refractivity contribution in [1.29, 1.82) is 0 Å². The molecule has 26 heavy (non-hydrogen) atoms. The fourth-order valence-corrected chi connectivity index (χ4v) is 2.80. The summed E-state index contributed by atoms with van der Waals surface area (Å²) < 4.78 is 23.9. The molecule has 0 heterocycles. The van der Waals surface area contributed by atoms with E-state index in [1.54, 1.807) is 7.11 Å². The van der Waals surface area contributed by atoms with Gasteiger partial charge in [-0.3, -0.25) is 4.90 Å². The molecule has 3 nitrogen and oxygen atoms in total. The molecule has 0 saturated carbocycles. The Balaban J connectivity index is 1.68. The molecule has 0 amide bonds. The summed E-state index contributed by atoms with van der Waals surface area (Å²) in [4.78, 5) is 2.37. The van der Waals surface area contributed by atoms with Crippen molar-refractivity contribution in [3.63, 3.8) is 0 Å². The molecule has 0 fully saturated rings. The molecule has 2 rings (SSSR count). The van der Waals surface area contributed by atoms with Gasteiger partial charge in [-0.15, -0.1) is 6.58 Å². The van der Waals surface area contributed by atoms with E-state index in [4.69, 9.17) is 9.47 Å². The fraction of sp³-hybridized carbons (Fsp3) is 0.364. The Morgan fingerprint density at radius 1 is 1.04 bits per heavy atom. The van der Waals surface area contributed by atoms with Crippen molar-refractivity contribution in [1.82, 2.24) is 4.90 Å². The molecule has 140 valence electrons.